The third-order valence-electron chi connectivity index (χ3n) is 2.64. The highest BCUT2D eigenvalue weighted by molar-refractivity contribution is 14.1. The van der Waals surface area contributed by atoms with E-state index >= 15 is 0 Å². The van der Waals surface area contributed by atoms with Gasteiger partial charge >= 0.3 is 0 Å². The highest BCUT2D eigenvalue weighted by Gasteiger charge is 2.11. The van der Waals surface area contributed by atoms with Crippen LogP contribution in [-0.2, 0) is 0 Å². The van der Waals surface area contributed by atoms with E-state index in [-0.39, 0.29) is 0 Å². The molecule has 2 aromatic heterocycles. The second-order valence-corrected chi connectivity index (χ2v) is 5.15. The summed E-state index contributed by atoms with van der Waals surface area (Å²) in [7, 11) is 0. The fourth-order valence-corrected chi connectivity index (χ4v) is 2.50. The van der Waals surface area contributed by atoms with Crippen LogP contribution < -0.4 is 10.5 Å². The van der Waals surface area contributed by atoms with Crippen molar-refractivity contribution in [3.05, 3.63) is 45.8 Å². The van der Waals surface area contributed by atoms with Gasteiger partial charge in [0.2, 0.25) is 5.88 Å². The molecule has 1 aromatic carbocycles. The van der Waals surface area contributed by atoms with Crippen molar-refractivity contribution < 1.29 is 4.74 Å². The molecule has 0 spiro atoms. The molecule has 0 saturated heterocycles. The molecule has 0 aliphatic heterocycles. The van der Waals surface area contributed by atoms with Crippen LogP contribution in [0.25, 0.3) is 5.65 Å². The molecule has 0 bridgehead atoms. The topological polar surface area (TPSA) is 89.2 Å². The van der Waals surface area contributed by atoms with E-state index in [1.54, 1.807) is 41.2 Å². The maximum Gasteiger partial charge on any atom is 0.222 e. The molecule has 0 radical (unpaired) electrons. The number of benzene rings is 1. The third kappa shape index (κ3) is 2.25. The zero-order chi connectivity index (χ0) is 14.1. The minimum Gasteiger partial charge on any atom is -0.436 e. The van der Waals surface area contributed by atoms with E-state index in [1.165, 1.54) is 0 Å². The number of halogens is 1. The first kappa shape index (κ1) is 12.7. The molecule has 0 amide bonds. The predicted octanol–water partition coefficient (Wildman–Crippen LogP) is 2.58. The van der Waals surface area contributed by atoms with Gasteiger partial charge in [-0.05, 0) is 34.7 Å². The summed E-state index contributed by atoms with van der Waals surface area (Å²) in [5.74, 6) is 0.924. The molecule has 0 saturated carbocycles. The normalized spacial score (nSPS) is 10.4. The van der Waals surface area contributed by atoms with Gasteiger partial charge < -0.3 is 10.5 Å². The molecule has 3 aromatic rings. The van der Waals surface area contributed by atoms with Crippen LogP contribution in [0.4, 0.5) is 5.69 Å². The number of nitrogen functional groups attached to an aromatic ring is 1. The first-order valence-electron chi connectivity index (χ1n) is 5.65. The Kier molecular flexibility index (Phi) is 3.15. The summed E-state index contributed by atoms with van der Waals surface area (Å²) in [4.78, 5) is 4.31. The molecule has 0 unspecified atom stereocenters. The van der Waals surface area contributed by atoms with E-state index in [0.717, 1.165) is 3.57 Å². The molecular weight excluding hydrogens is 369 g/mol. The van der Waals surface area contributed by atoms with Gasteiger partial charge in [-0.2, -0.15) is 15.3 Å². The Morgan fingerprint density at radius 2 is 2.20 bits per heavy atom. The summed E-state index contributed by atoms with van der Waals surface area (Å²) < 4.78 is 8.12. The van der Waals surface area contributed by atoms with Crippen LogP contribution >= 0.6 is 22.6 Å². The van der Waals surface area contributed by atoms with Gasteiger partial charge in [0.05, 0.1) is 27.1 Å². The lowest BCUT2D eigenvalue weighted by molar-refractivity contribution is 0.462. The standard InChI is InChI=1S/C13H8IN5O/c14-9-5-8(7-15)6-10(16)13(9)20-12-2-4-19-11(18-12)1-3-17-19/h1-6H,16H2. The van der Waals surface area contributed by atoms with Crippen molar-refractivity contribution >= 4 is 33.9 Å². The van der Waals surface area contributed by atoms with Gasteiger partial charge in [-0.25, -0.2) is 4.52 Å². The van der Waals surface area contributed by atoms with E-state index in [4.69, 9.17) is 15.7 Å². The van der Waals surface area contributed by atoms with Gasteiger partial charge in [-0.3, -0.25) is 0 Å². The number of nitriles is 1. The first-order chi connectivity index (χ1) is 9.67. The maximum atomic E-state index is 8.89. The molecule has 6 nitrogen and oxygen atoms in total. The van der Waals surface area contributed by atoms with Crippen molar-refractivity contribution in [3.8, 4) is 17.7 Å². The van der Waals surface area contributed by atoms with Crippen molar-refractivity contribution in [2.75, 3.05) is 5.73 Å². The number of hydrogen-bond donors (Lipinski definition) is 1. The number of nitrogens with two attached hydrogens (primary N) is 1. The van der Waals surface area contributed by atoms with Crippen LogP contribution in [-0.4, -0.2) is 14.6 Å². The lowest BCUT2D eigenvalue weighted by atomic mass is 10.2. The van der Waals surface area contributed by atoms with Gasteiger partial charge in [0.1, 0.15) is 0 Å². The van der Waals surface area contributed by atoms with Crippen LogP contribution in [0.5, 0.6) is 11.6 Å². The van der Waals surface area contributed by atoms with E-state index in [9.17, 15) is 0 Å². The largest absolute Gasteiger partial charge is 0.436 e. The van der Waals surface area contributed by atoms with Gasteiger partial charge in [-0.1, -0.05) is 0 Å². The molecule has 0 aliphatic rings. The Morgan fingerprint density at radius 1 is 1.35 bits per heavy atom. The molecule has 3 rings (SSSR count). The second-order valence-electron chi connectivity index (χ2n) is 3.99. The fraction of sp³-hybridized carbons (Fsp3) is 0. The number of ether oxygens (including phenoxy) is 1. The summed E-state index contributed by atoms with van der Waals surface area (Å²) in [6.45, 7) is 0. The van der Waals surface area contributed by atoms with Crippen LogP contribution in [0, 0.1) is 14.9 Å². The number of anilines is 1. The lowest BCUT2D eigenvalue weighted by Gasteiger charge is -2.10. The van der Waals surface area contributed by atoms with Crippen LogP contribution in [0.1, 0.15) is 5.56 Å². The average Bonchev–Trinajstić information content (AvgIpc) is 2.90. The summed E-state index contributed by atoms with van der Waals surface area (Å²) >= 11 is 2.08. The van der Waals surface area contributed by atoms with Crippen molar-refractivity contribution in [3.63, 3.8) is 0 Å². The fourth-order valence-electron chi connectivity index (χ4n) is 1.74. The van der Waals surface area contributed by atoms with Crippen LogP contribution in [0.3, 0.4) is 0 Å². The molecular formula is C13H8IN5O. The number of aromatic nitrogens is 3. The Bertz CT molecular complexity index is 813. The molecule has 98 valence electrons. The first-order valence-corrected chi connectivity index (χ1v) is 6.72. The van der Waals surface area contributed by atoms with Gasteiger partial charge in [0.15, 0.2) is 11.4 Å². The lowest BCUT2D eigenvalue weighted by Crippen LogP contribution is -1.98. The van der Waals surface area contributed by atoms with Crippen LogP contribution in [0.15, 0.2) is 36.7 Å². The number of rotatable bonds is 2. The second kappa shape index (κ2) is 4.97. The van der Waals surface area contributed by atoms with Crippen molar-refractivity contribution in [1.29, 1.82) is 5.26 Å². The molecule has 2 heterocycles. The molecule has 7 heteroatoms. The summed E-state index contributed by atoms with van der Waals surface area (Å²) in [6, 6.07) is 8.82. The highest BCUT2D eigenvalue weighted by atomic mass is 127. The molecule has 0 fully saturated rings. The van der Waals surface area contributed by atoms with Crippen molar-refractivity contribution in [2.24, 2.45) is 0 Å². The SMILES string of the molecule is N#Cc1cc(N)c(Oc2ccn3nccc3n2)c(I)c1. The highest BCUT2D eigenvalue weighted by Crippen LogP contribution is 2.32. The number of hydrogen-bond acceptors (Lipinski definition) is 5. The van der Waals surface area contributed by atoms with E-state index in [1.807, 2.05) is 0 Å². The van der Waals surface area contributed by atoms with Gasteiger partial charge in [0.25, 0.3) is 0 Å². The molecule has 0 atom stereocenters. The third-order valence-corrected chi connectivity index (χ3v) is 3.44. The Labute approximate surface area is 127 Å². The predicted molar refractivity (Wildman–Crippen MR) is 81.3 cm³/mol. The summed E-state index contributed by atoms with van der Waals surface area (Å²) in [6.07, 6.45) is 3.41. The number of fused-ring (bicyclic) bond motifs is 1. The summed E-state index contributed by atoms with van der Waals surface area (Å²) in [5.41, 5.74) is 7.50. The molecule has 0 aliphatic carbocycles. The minimum absolute atomic E-state index is 0.406. The van der Waals surface area contributed by atoms with E-state index < -0.39 is 0 Å². The van der Waals surface area contributed by atoms with E-state index in [0.29, 0.717) is 28.5 Å². The quantitative estimate of drug-likeness (QED) is 0.548. The Balaban J connectivity index is 2.00. The maximum absolute atomic E-state index is 8.89. The Hall–Kier alpha value is -2.34. The average molecular weight is 377 g/mol. The van der Waals surface area contributed by atoms with Gasteiger partial charge in [-0.15, -0.1) is 0 Å². The van der Waals surface area contributed by atoms with Crippen molar-refractivity contribution in [2.45, 2.75) is 0 Å². The zero-order valence-corrected chi connectivity index (χ0v) is 12.3. The monoisotopic (exact) mass is 377 g/mol. The van der Waals surface area contributed by atoms with Crippen molar-refractivity contribution in [1.82, 2.24) is 14.6 Å². The van der Waals surface area contributed by atoms with E-state index in [2.05, 4.69) is 38.7 Å². The van der Waals surface area contributed by atoms with Gasteiger partial charge in [0, 0.05) is 18.3 Å². The smallest absolute Gasteiger partial charge is 0.222 e. The molecule has 2 N–H and O–H groups in total. The zero-order valence-electron chi connectivity index (χ0n) is 10.1. The molecule has 20 heavy (non-hydrogen) atoms. The summed E-state index contributed by atoms with van der Waals surface area (Å²) in [5, 5.41) is 13.0. The number of nitrogens with zero attached hydrogens (tertiary/aromatic N) is 4. The minimum atomic E-state index is 0.406. The Morgan fingerprint density at radius 3 is 2.95 bits per heavy atom. The van der Waals surface area contributed by atoms with Crippen LogP contribution in [0.2, 0.25) is 0 Å².